The largest absolute Gasteiger partial charge is 0.399 e. The highest BCUT2D eigenvalue weighted by atomic mass is 16.5. The zero-order valence-corrected chi connectivity index (χ0v) is 9.56. The number of methoxy groups -OCH3 is 1. The first-order valence-electron chi connectivity index (χ1n) is 5.36. The summed E-state index contributed by atoms with van der Waals surface area (Å²) in [6.07, 6.45) is 0.464. The van der Waals surface area contributed by atoms with Crippen LogP contribution >= 0.6 is 0 Å². The number of carbonyl (C=O) groups is 1. The Morgan fingerprint density at radius 1 is 1.56 bits per heavy atom. The van der Waals surface area contributed by atoms with Crippen LogP contribution in [0.25, 0.3) is 0 Å². The Kier molecular flexibility index (Phi) is 2.83. The molecular weight excluding hydrogens is 204 g/mol. The van der Waals surface area contributed by atoms with Gasteiger partial charge in [-0.3, -0.25) is 4.79 Å². The molecule has 0 fully saturated rings. The molecule has 1 heterocycles. The third-order valence-corrected chi connectivity index (χ3v) is 2.97. The number of ether oxygens (including phenoxy) is 1. The average molecular weight is 220 g/mol. The second kappa shape index (κ2) is 4.14. The summed E-state index contributed by atoms with van der Waals surface area (Å²) in [7, 11) is 1.54. The molecule has 2 N–H and O–H groups in total. The van der Waals surface area contributed by atoms with E-state index in [1.54, 1.807) is 18.9 Å². The third-order valence-electron chi connectivity index (χ3n) is 2.97. The van der Waals surface area contributed by atoms with Gasteiger partial charge < -0.3 is 15.4 Å². The quantitative estimate of drug-likeness (QED) is 0.762. The molecule has 0 aliphatic carbocycles. The molecule has 1 aromatic carbocycles. The normalized spacial score (nSPS) is 16.0. The van der Waals surface area contributed by atoms with Gasteiger partial charge in [0.2, 0.25) is 0 Å². The number of hydrogen-bond donors (Lipinski definition) is 1. The van der Waals surface area contributed by atoms with E-state index in [4.69, 9.17) is 10.5 Å². The molecule has 4 heteroatoms. The van der Waals surface area contributed by atoms with Crippen LogP contribution in [0.2, 0.25) is 0 Å². The Labute approximate surface area is 95.0 Å². The summed E-state index contributed by atoms with van der Waals surface area (Å²) < 4.78 is 5.05. The maximum absolute atomic E-state index is 12.0. The minimum atomic E-state index is -0.400. The molecule has 1 aliphatic rings. The fourth-order valence-corrected chi connectivity index (χ4v) is 1.97. The van der Waals surface area contributed by atoms with Crippen molar-refractivity contribution in [2.45, 2.75) is 19.4 Å². The number of benzene rings is 1. The summed E-state index contributed by atoms with van der Waals surface area (Å²) in [5.41, 5.74) is 8.55. The smallest absolute Gasteiger partial charge is 0.255 e. The summed E-state index contributed by atoms with van der Waals surface area (Å²) in [6.45, 7) is 2.48. The molecule has 2 rings (SSSR count). The standard InChI is InChI=1S/C12H16N2O2/c1-8(16-2)12(15)14-6-5-9-7-10(13)3-4-11(9)14/h3-4,7-8H,5-6,13H2,1-2H3. The van der Waals surface area contributed by atoms with Crippen LogP contribution in [0.5, 0.6) is 0 Å². The number of rotatable bonds is 2. The molecular formula is C12H16N2O2. The van der Waals surface area contributed by atoms with Gasteiger partial charge in [0, 0.05) is 25.0 Å². The number of amides is 1. The Balaban J connectivity index is 2.27. The van der Waals surface area contributed by atoms with Gasteiger partial charge in [0.15, 0.2) is 0 Å². The van der Waals surface area contributed by atoms with Crippen LogP contribution < -0.4 is 10.6 Å². The Morgan fingerprint density at radius 3 is 3.00 bits per heavy atom. The van der Waals surface area contributed by atoms with E-state index in [0.717, 1.165) is 23.4 Å². The number of nitrogens with two attached hydrogens (primary N) is 1. The van der Waals surface area contributed by atoms with Gasteiger partial charge in [0.25, 0.3) is 5.91 Å². The van der Waals surface area contributed by atoms with E-state index >= 15 is 0 Å². The van der Waals surface area contributed by atoms with E-state index in [2.05, 4.69) is 0 Å². The fourth-order valence-electron chi connectivity index (χ4n) is 1.97. The molecule has 86 valence electrons. The molecule has 16 heavy (non-hydrogen) atoms. The van der Waals surface area contributed by atoms with Crippen LogP contribution in [0, 0.1) is 0 Å². The molecule has 0 bridgehead atoms. The second-order valence-electron chi connectivity index (χ2n) is 4.01. The molecule has 1 aliphatic heterocycles. The molecule has 0 saturated carbocycles. The van der Waals surface area contributed by atoms with Crippen molar-refractivity contribution in [1.82, 2.24) is 0 Å². The monoisotopic (exact) mass is 220 g/mol. The lowest BCUT2D eigenvalue weighted by atomic mass is 10.1. The number of nitrogens with zero attached hydrogens (tertiary/aromatic N) is 1. The summed E-state index contributed by atoms with van der Waals surface area (Å²) >= 11 is 0. The summed E-state index contributed by atoms with van der Waals surface area (Å²) in [5.74, 6) is 0.00558. The van der Waals surface area contributed by atoms with E-state index in [1.165, 1.54) is 0 Å². The van der Waals surface area contributed by atoms with E-state index in [9.17, 15) is 4.79 Å². The predicted octanol–water partition coefficient (Wildman–Crippen LogP) is 1.19. The van der Waals surface area contributed by atoms with Gasteiger partial charge in [-0.25, -0.2) is 0 Å². The van der Waals surface area contributed by atoms with Crippen molar-refractivity contribution in [2.24, 2.45) is 0 Å². The molecule has 4 nitrogen and oxygen atoms in total. The van der Waals surface area contributed by atoms with Crippen molar-refractivity contribution in [3.8, 4) is 0 Å². The topological polar surface area (TPSA) is 55.6 Å². The Morgan fingerprint density at radius 2 is 2.31 bits per heavy atom. The van der Waals surface area contributed by atoms with E-state index < -0.39 is 6.10 Å². The Hall–Kier alpha value is -1.55. The average Bonchev–Trinajstić information content (AvgIpc) is 2.69. The highest BCUT2D eigenvalue weighted by Crippen LogP contribution is 2.30. The SMILES string of the molecule is COC(C)C(=O)N1CCc2cc(N)ccc21. The summed E-state index contributed by atoms with van der Waals surface area (Å²) in [6, 6.07) is 5.65. The highest BCUT2D eigenvalue weighted by Gasteiger charge is 2.27. The molecule has 0 saturated heterocycles. The van der Waals surface area contributed by atoms with Crippen LogP contribution in [0.1, 0.15) is 12.5 Å². The maximum atomic E-state index is 12.0. The first kappa shape index (κ1) is 11.0. The molecule has 0 aromatic heterocycles. The van der Waals surface area contributed by atoms with E-state index in [0.29, 0.717) is 6.54 Å². The molecule has 1 atom stereocenters. The Bertz CT molecular complexity index is 417. The zero-order chi connectivity index (χ0) is 11.7. The third kappa shape index (κ3) is 1.76. The number of hydrogen-bond acceptors (Lipinski definition) is 3. The van der Waals surface area contributed by atoms with Gasteiger partial charge in [0.1, 0.15) is 6.10 Å². The van der Waals surface area contributed by atoms with Crippen LogP contribution in [0.4, 0.5) is 11.4 Å². The van der Waals surface area contributed by atoms with Crippen LogP contribution in [-0.2, 0) is 16.0 Å². The summed E-state index contributed by atoms with van der Waals surface area (Å²) in [5, 5.41) is 0. The first-order valence-corrected chi connectivity index (χ1v) is 5.36. The lowest BCUT2D eigenvalue weighted by molar-refractivity contribution is -0.127. The van der Waals surface area contributed by atoms with Crippen LogP contribution in [0.3, 0.4) is 0 Å². The first-order chi connectivity index (χ1) is 7.63. The predicted molar refractivity (Wildman–Crippen MR) is 63.4 cm³/mol. The second-order valence-corrected chi connectivity index (χ2v) is 4.01. The van der Waals surface area contributed by atoms with Gasteiger partial charge in [0.05, 0.1) is 0 Å². The summed E-state index contributed by atoms with van der Waals surface area (Å²) in [4.78, 5) is 13.8. The maximum Gasteiger partial charge on any atom is 0.255 e. The minimum absolute atomic E-state index is 0.00558. The van der Waals surface area contributed by atoms with Crippen molar-refractivity contribution < 1.29 is 9.53 Å². The lowest BCUT2D eigenvalue weighted by Gasteiger charge is -2.20. The molecule has 0 spiro atoms. The van der Waals surface area contributed by atoms with E-state index in [1.807, 2.05) is 18.2 Å². The van der Waals surface area contributed by atoms with Gasteiger partial charge in [-0.2, -0.15) is 0 Å². The van der Waals surface area contributed by atoms with Gasteiger partial charge in [-0.15, -0.1) is 0 Å². The number of anilines is 2. The molecule has 1 unspecified atom stereocenters. The van der Waals surface area contributed by atoms with Crippen LogP contribution in [0.15, 0.2) is 18.2 Å². The molecule has 0 radical (unpaired) electrons. The lowest BCUT2D eigenvalue weighted by Crippen LogP contribution is -2.37. The molecule has 1 amide bonds. The number of fused-ring (bicyclic) bond motifs is 1. The van der Waals surface area contributed by atoms with Gasteiger partial charge in [-0.05, 0) is 37.1 Å². The van der Waals surface area contributed by atoms with Crippen LogP contribution in [-0.4, -0.2) is 25.7 Å². The number of nitrogen functional groups attached to an aromatic ring is 1. The highest BCUT2D eigenvalue weighted by molar-refractivity contribution is 5.98. The van der Waals surface area contributed by atoms with Crippen molar-refractivity contribution in [2.75, 3.05) is 24.3 Å². The molecule has 1 aromatic rings. The van der Waals surface area contributed by atoms with Crippen molar-refractivity contribution in [3.05, 3.63) is 23.8 Å². The van der Waals surface area contributed by atoms with Gasteiger partial charge >= 0.3 is 0 Å². The van der Waals surface area contributed by atoms with Crippen molar-refractivity contribution in [1.29, 1.82) is 0 Å². The van der Waals surface area contributed by atoms with Crippen molar-refractivity contribution in [3.63, 3.8) is 0 Å². The van der Waals surface area contributed by atoms with E-state index in [-0.39, 0.29) is 5.91 Å². The van der Waals surface area contributed by atoms with Gasteiger partial charge in [-0.1, -0.05) is 0 Å². The number of carbonyl (C=O) groups excluding carboxylic acids is 1. The minimum Gasteiger partial charge on any atom is -0.399 e. The van der Waals surface area contributed by atoms with Crippen molar-refractivity contribution >= 4 is 17.3 Å². The zero-order valence-electron chi connectivity index (χ0n) is 9.56. The fraction of sp³-hybridized carbons (Fsp3) is 0.417.